The third-order valence-corrected chi connectivity index (χ3v) is 15.0. The fourth-order valence-electron chi connectivity index (χ4n) is 9.99. The van der Waals surface area contributed by atoms with Crippen LogP contribution in [-0.2, 0) is 19.1 Å². The Kier molecular flexibility index (Phi) is 64.3. The van der Waals surface area contributed by atoms with Crippen LogP contribution in [0.1, 0.15) is 348 Å². The molecule has 0 heterocycles. The van der Waals surface area contributed by atoms with Gasteiger partial charge in [-0.1, -0.05) is 324 Å². The first-order chi connectivity index (χ1) is 37.6. The number of unbranched alkanes of at least 4 members (excludes halogenated alkanes) is 42. The molecule has 0 aromatic carbocycles. The second-order valence-electron chi connectivity index (χ2n) is 22.5. The Hall–Kier alpha value is -2.66. The van der Waals surface area contributed by atoms with Crippen molar-refractivity contribution < 1.29 is 24.2 Å². The highest BCUT2D eigenvalue weighted by molar-refractivity contribution is 5.70. The van der Waals surface area contributed by atoms with Gasteiger partial charge >= 0.3 is 11.9 Å². The number of hydrogen-bond donors (Lipinski definition) is 1. The maximum absolute atomic E-state index is 12.4. The molecular weight excluding hydrogens is 933 g/mol. The number of allylic oxidation sites excluding steroid dienone is 12. The van der Waals surface area contributed by atoms with Crippen LogP contribution >= 0.6 is 0 Å². The van der Waals surface area contributed by atoms with Crippen LogP contribution in [0, 0.1) is 0 Å². The van der Waals surface area contributed by atoms with Crippen molar-refractivity contribution in [3.8, 4) is 0 Å². The summed E-state index contributed by atoms with van der Waals surface area (Å²) in [5.41, 5.74) is 0. The molecule has 0 radical (unpaired) electrons. The van der Waals surface area contributed by atoms with Gasteiger partial charge < -0.3 is 14.6 Å². The molecule has 1 unspecified atom stereocenters. The van der Waals surface area contributed by atoms with E-state index in [0.717, 1.165) is 70.6 Å². The second kappa shape index (κ2) is 66.6. The van der Waals surface area contributed by atoms with Crippen molar-refractivity contribution >= 4 is 11.9 Å². The van der Waals surface area contributed by atoms with Gasteiger partial charge in [0.2, 0.25) is 0 Å². The van der Waals surface area contributed by atoms with E-state index in [9.17, 15) is 14.7 Å². The van der Waals surface area contributed by atoms with Gasteiger partial charge in [0.05, 0.1) is 6.61 Å². The molecule has 0 spiro atoms. The summed E-state index contributed by atoms with van der Waals surface area (Å²) in [6, 6.07) is 0. The minimum absolute atomic E-state index is 0.0626. The van der Waals surface area contributed by atoms with E-state index in [1.165, 1.54) is 250 Å². The van der Waals surface area contributed by atoms with Crippen LogP contribution in [0.3, 0.4) is 0 Å². The summed E-state index contributed by atoms with van der Waals surface area (Å²) in [5, 5.41) is 9.69. The summed E-state index contributed by atoms with van der Waals surface area (Å²) in [6.45, 7) is 4.07. The van der Waals surface area contributed by atoms with E-state index in [1.54, 1.807) is 0 Å². The molecule has 0 saturated heterocycles. The average Bonchev–Trinajstić information content (AvgIpc) is 3.42. The molecule has 0 amide bonds. The summed E-state index contributed by atoms with van der Waals surface area (Å²) in [6.07, 6.45) is 92.1. The summed E-state index contributed by atoms with van der Waals surface area (Å²) in [7, 11) is 0. The number of carbonyl (C=O) groups excluding carboxylic acids is 2. The SMILES string of the molecule is CC/C=C\C/C=C\C/C=C\C/C=C\C/C=C\CCCCCCCCCCCCCCCCCCCCCCCCCC(=O)OC(CO)COC(=O)CCCCCCCCCCCCC/C=C\CCCCCCCCCC. The van der Waals surface area contributed by atoms with Crippen molar-refractivity contribution in [2.45, 2.75) is 354 Å². The summed E-state index contributed by atoms with van der Waals surface area (Å²) < 4.78 is 10.7. The minimum Gasteiger partial charge on any atom is -0.462 e. The van der Waals surface area contributed by atoms with Gasteiger partial charge in [0.25, 0.3) is 0 Å². The maximum atomic E-state index is 12.4. The van der Waals surface area contributed by atoms with Crippen LogP contribution < -0.4 is 0 Å². The van der Waals surface area contributed by atoms with Crippen molar-refractivity contribution in [1.29, 1.82) is 0 Å². The van der Waals surface area contributed by atoms with Crippen LogP contribution in [0.25, 0.3) is 0 Å². The summed E-state index contributed by atoms with van der Waals surface area (Å²) in [4.78, 5) is 24.6. The zero-order valence-corrected chi connectivity index (χ0v) is 50.8. The monoisotopic (exact) mass is 1060 g/mol. The first kappa shape index (κ1) is 73.3. The van der Waals surface area contributed by atoms with Crippen molar-refractivity contribution in [1.82, 2.24) is 0 Å². The van der Waals surface area contributed by atoms with Gasteiger partial charge in [0, 0.05) is 12.8 Å². The Bertz CT molecular complexity index is 1340. The number of aliphatic hydroxyl groups excluding tert-OH is 1. The van der Waals surface area contributed by atoms with E-state index < -0.39 is 6.10 Å². The molecule has 1 N–H and O–H groups in total. The molecule has 0 aliphatic rings. The fourth-order valence-corrected chi connectivity index (χ4v) is 9.99. The molecule has 0 aliphatic heterocycles. The van der Waals surface area contributed by atoms with E-state index in [0.29, 0.717) is 12.8 Å². The van der Waals surface area contributed by atoms with E-state index >= 15 is 0 Å². The van der Waals surface area contributed by atoms with Gasteiger partial charge in [0.15, 0.2) is 6.10 Å². The highest BCUT2D eigenvalue weighted by Crippen LogP contribution is 2.18. The van der Waals surface area contributed by atoms with Gasteiger partial charge in [-0.05, 0) is 83.5 Å². The van der Waals surface area contributed by atoms with Crippen molar-refractivity contribution in [2.24, 2.45) is 0 Å². The lowest BCUT2D eigenvalue weighted by atomic mass is 10.0. The lowest BCUT2D eigenvalue weighted by Gasteiger charge is -2.15. The fraction of sp³-hybridized carbons (Fsp3) is 0.803. The van der Waals surface area contributed by atoms with E-state index in [4.69, 9.17) is 9.47 Å². The number of esters is 2. The number of rotatable bonds is 62. The van der Waals surface area contributed by atoms with E-state index in [-0.39, 0.29) is 25.2 Å². The van der Waals surface area contributed by atoms with Gasteiger partial charge in [-0.2, -0.15) is 0 Å². The van der Waals surface area contributed by atoms with Gasteiger partial charge in [-0.25, -0.2) is 0 Å². The number of ether oxygens (including phenoxy) is 2. The van der Waals surface area contributed by atoms with Crippen LogP contribution in [-0.4, -0.2) is 36.4 Å². The van der Waals surface area contributed by atoms with Crippen LogP contribution in [0.2, 0.25) is 0 Å². The number of aliphatic hydroxyl groups is 1. The Morgan fingerprint density at radius 2 is 0.566 bits per heavy atom. The topological polar surface area (TPSA) is 72.8 Å². The molecular formula is C71H128O5. The normalized spacial score (nSPS) is 12.6. The quantitative estimate of drug-likeness (QED) is 0.0373. The van der Waals surface area contributed by atoms with Crippen molar-refractivity contribution in [3.05, 3.63) is 72.9 Å². The van der Waals surface area contributed by atoms with Crippen molar-refractivity contribution in [2.75, 3.05) is 13.2 Å². The minimum atomic E-state index is -0.772. The van der Waals surface area contributed by atoms with Gasteiger partial charge in [0.1, 0.15) is 6.61 Å². The van der Waals surface area contributed by atoms with Crippen LogP contribution in [0.4, 0.5) is 0 Å². The molecule has 442 valence electrons. The number of carbonyl (C=O) groups is 2. The standard InChI is InChI=1S/C71H128O5/c1-3-5-7-9-11-13-15-17-19-21-23-25-27-28-29-30-31-32-33-34-35-36-37-38-39-40-41-42-44-46-48-50-52-54-56-58-60-62-64-66-71(74)76-69(67-72)68-75-70(73)65-63-61-59-57-55-53-51-49-47-45-43-26-24-22-20-18-16-14-12-10-8-6-4-2/h5,7,11,13,17,19,22-25,28-29,69,72H,3-4,6,8-10,12,14-16,18,20-21,26-27,30-68H2,1-2H3/b7-5-,13-11-,19-17-,24-22-,25-23-,29-28-. The largest absolute Gasteiger partial charge is 0.462 e. The summed E-state index contributed by atoms with van der Waals surface area (Å²) in [5.74, 6) is -0.574. The third-order valence-electron chi connectivity index (χ3n) is 15.0. The zero-order valence-electron chi connectivity index (χ0n) is 50.8. The second-order valence-corrected chi connectivity index (χ2v) is 22.5. The molecule has 0 rings (SSSR count). The molecule has 0 bridgehead atoms. The van der Waals surface area contributed by atoms with Crippen LogP contribution in [0.5, 0.6) is 0 Å². The summed E-state index contributed by atoms with van der Waals surface area (Å²) >= 11 is 0. The van der Waals surface area contributed by atoms with Crippen molar-refractivity contribution in [3.63, 3.8) is 0 Å². The molecule has 1 atom stereocenters. The Labute approximate surface area is 473 Å². The number of hydrogen-bond acceptors (Lipinski definition) is 5. The molecule has 0 saturated carbocycles. The lowest BCUT2D eigenvalue weighted by molar-refractivity contribution is -0.161. The van der Waals surface area contributed by atoms with Gasteiger partial charge in [-0.3, -0.25) is 9.59 Å². The molecule has 76 heavy (non-hydrogen) atoms. The highest BCUT2D eigenvalue weighted by Gasteiger charge is 2.16. The first-order valence-corrected chi connectivity index (χ1v) is 33.5. The van der Waals surface area contributed by atoms with E-state index in [1.807, 2.05) is 0 Å². The lowest BCUT2D eigenvalue weighted by Crippen LogP contribution is -2.28. The maximum Gasteiger partial charge on any atom is 0.306 e. The third kappa shape index (κ3) is 63.9. The Morgan fingerprint density at radius 3 is 0.868 bits per heavy atom. The zero-order chi connectivity index (χ0) is 54.8. The van der Waals surface area contributed by atoms with Gasteiger partial charge in [-0.15, -0.1) is 0 Å². The molecule has 5 heteroatoms. The van der Waals surface area contributed by atoms with E-state index in [2.05, 4.69) is 86.8 Å². The molecule has 0 aliphatic carbocycles. The average molecular weight is 1060 g/mol. The highest BCUT2D eigenvalue weighted by atomic mass is 16.6. The molecule has 0 fully saturated rings. The predicted octanol–water partition coefficient (Wildman–Crippen LogP) is 23.1. The van der Waals surface area contributed by atoms with Crippen LogP contribution in [0.15, 0.2) is 72.9 Å². The Balaban J connectivity index is 3.41. The first-order valence-electron chi connectivity index (χ1n) is 33.5. The molecule has 5 nitrogen and oxygen atoms in total. The Morgan fingerprint density at radius 1 is 0.316 bits per heavy atom. The molecule has 0 aromatic rings. The smallest absolute Gasteiger partial charge is 0.306 e. The molecule has 0 aromatic heterocycles. The predicted molar refractivity (Wildman–Crippen MR) is 334 cm³/mol.